The third-order valence-electron chi connectivity index (χ3n) is 3.11. The number of aliphatic hydroxyl groups is 1. The van der Waals surface area contributed by atoms with Crippen LogP contribution < -0.4 is 15.7 Å². The van der Waals surface area contributed by atoms with Crippen molar-refractivity contribution in [3.63, 3.8) is 0 Å². The van der Waals surface area contributed by atoms with Gasteiger partial charge in [-0.05, 0) is 36.8 Å². The maximum absolute atomic E-state index is 11.9. The summed E-state index contributed by atoms with van der Waals surface area (Å²) in [7, 11) is 0. The quantitative estimate of drug-likeness (QED) is 0.315. The Labute approximate surface area is 138 Å². The fourth-order valence-corrected chi connectivity index (χ4v) is 2.03. The molecule has 0 aliphatic heterocycles. The summed E-state index contributed by atoms with van der Waals surface area (Å²) in [6, 6.07) is 6.76. The molecule has 3 N–H and O–H groups in total. The van der Waals surface area contributed by atoms with Crippen molar-refractivity contribution in [2.75, 3.05) is 12.0 Å². The predicted octanol–water partition coefficient (Wildman–Crippen LogP) is 0.984. The number of aliphatic hydroxyl groups excluding tert-OH is 1. The molecule has 0 saturated heterocycles. The second kappa shape index (κ2) is 8.02. The van der Waals surface area contributed by atoms with Crippen molar-refractivity contribution in [1.29, 1.82) is 0 Å². The van der Waals surface area contributed by atoms with E-state index in [2.05, 4.69) is 20.5 Å². The molecule has 0 fully saturated rings. The molecule has 0 radical (unpaired) electrons. The summed E-state index contributed by atoms with van der Waals surface area (Å²) in [5, 5.41) is 12.9. The Morgan fingerprint density at radius 3 is 2.71 bits per heavy atom. The van der Waals surface area contributed by atoms with Gasteiger partial charge < -0.3 is 9.84 Å². The van der Waals surface area contributed by atoms with Gasteiger partial charge in [-0.3, -0.25) is 14.6 Å². The second-order valence-electron chi connectivity index (χ2n) is 4.98. The molecule has 2 rings (SSSR count). The Morgan fingerprint density at radius 1 is 1.42 bits per heavy atom. The van der Waals surface area contributed by atoms with Crippen molar-refractivity contribution < 1.29 is 14.6 Å². The van der Waals surface area contributed by atoms with Crippen molar-refractivity contribution in [2.45, 2.75) is 20.3 Å². The standard InChI is InChI=1S/C16H18N4O4/c1-10-14(7-8-21)15(23)19-16(18-10)20-17-9-12-3-5-13(6-4-12)24-11(2)22/h3-6,9,21H,7-8H2,1-2H3,(H2,18,19,20,23)/b17-9-. The van der Waals surface area contributed by atoms with E-state index in [1.54, 1.807) is 31.2 Å². The summed E-state index contributed by atoms with van der Waals surface area (Å²) in [5.74, 6) is 0.286. The maximum atomic E-state index is 11.9. The number of hydrazone groups is 1. The zero-order valence-electron chi connectivity index (χ0n) is 13.4. The van der Waals surface area contributed by atoms with Gasteiger partial charge in [-0.1, -0.05) is 0 Å². The molecule has 0 aliphatic rings. The summed E-state index contributed by atoms with van der Waals surface area (Å²) in [6.45, 7) is 2.92. The van der Waals surface area contributed by atoms with Gasteiger partial charge in [-0.2, -0.15) is 5.10 Å². The lowest BCUT2D eigenvalue weighted by molar-refractivity contribution is -0.131. The minimum Gasteiger partial charge on any atom is -0.427 e. The molecule has 1 aromatic carbocycles. The average molecular weight is 330 g/mol. The Morgan fingerprint density at radius 2 is 2.12 bits per heavy atom. The number of rotatable bonds is 6. The topological polar surface area (TPSA) is 117 Å². The number of hydrogen-bond donors (Lipinski definition) is 3. The van der Waals surface area contributed by atoms with Crippen molar-refractivity contribution in [3.05, 3.63) is 51.4 Å². The van der Waals surface area contributed by atoms with Crippen molar-refractivity contribution in [3.8, 4) is 5.75 Å². The van der Waals surface area contributed by atoms with Gasteiger partial charge in [-0.25, -0.2) is 10.4 Å². The van der Waals surface area contributed by atoms with Crippen LogP contribution >= 0.6 is 0 Å². The largest absolute Gasteiger partial charge is 0.427 e. The second-order valence-corrected chi connectivity index (χ2v) is 4.98. The van der Waals surface area contributed by atoms with E-state index in [9.17, 15) is 9.59 Å². The smallest absolute Gasteiger partial charge is 0.308 e. The van der Waals surface area contributed by atoms with Gasteiger partial charge in [-0.15, -0.1) is 0 Å². The molecular weight excluding hydrogens is 312 g/mol. The highest BCUT2D eigenvalue weighted by atomic mass is 16.5. The number of nitrogens with one attached hydrogen (secondary N) is 2. The number of hydrogen-bond acceptors (Lipinski definition) is 7. The molecule has 2 aromatic rings. The van der Waals surface area contributed by atoms with Crippen LogP contribution in [0.15, 0.2) is 34.2 Å². The van der Waals surface area contributed by atoms with Crippen LogP contribution in [0, 0.1) is 6.92 Å². The zero-order chi connectivity index (χ0) is 17.5. The van der Waals surface area contributed by atoms with Crippen molar-refractivity contribution in [2.24, 2.45) is 5.10 Å². The van der Waals surface area contributed by atoms with Crippen LogP contribution in [0.25, 0.3) is 0 Å². The summed E-state index contributed by atoms with van der Waals surface area (Å²) in [6.07, 6.45) is 1.79. The molecular formula is C16H18N4O4. The van der Waals surface area contributed by atoms with Gasteiger partial charge in [0, 0.05) is 25.5 Å². The molecule has 8 heteroatoms. The number of aryl methyl sites for hydroxylation is 1. The fraction of sp³-hybridized carbons (Fsp3) is 0.250. The molecule has 0 aliphatic carbocycles. The minimum absolute atomic E-state index is 0.111. The number of carbonyl (C=O) groups excluding carboxylic acids is 1. The molecule has 0 amide bonds. The highest BCUT2D eigenvalue weighted by molar-refractivity contribution is 5.80. The number of ether oxygens (including phenoxy) is 1. The van der Waals surface area contributed by atoms with Crippen LogP contribution in [-0.4, -0.2) is 33.9 Å². The Hall–Kier alpha value is -3.00. The lowest BCUT2D eigenvalue weighted by Gasteiger charge is -2.05. The first kappa shape index (κ1) is 17.4. The number of aromatic amines is 1. The molecule has 0 spiro atoms. The SMILES string of the molecule is CC(=O)Oc1ccc(/C=N\Nc2nc(C)c(CCO)c(=O)[nH]2)cc1. The molecule has 24 heavy (non-hydrogen) atoms. The van der Waals surface area contributed by atoms with Gasteiger partial charge in [0.1, 0.15) is 5.75 Å². The number of aromatic nitrogens is 2. The van der Waals surface area contributed by atoms with Crippen LogP contribution in [0.3, 0.4) is 0 Å². The average Bonchev–Trinajstić information content (AvgIpc) is 2.52. The van der Waals surface area contributed by atoms with E-state index in [-0.39, 0.29) is 30.5 Å². The van der Waals surface area contributed by atoms with Crippen molar-refractivity contribution in [1.82, 2.24) is 9.97 Å². The molecule has 0 unspecified atom stereocenters. The summed E-state index contributed by atoms with van der Waals surface area (Å²) in [4.78, 5) is 29.4. The minimum atomic E-state index is -0.381. The van der Waals surface area contributed by atoms with Gasteiger partial charge in [0.05, 0.1) is 11.9 Å². The van der Waals surface area contributed by atoms with Crippen LogP contribution in [0.1, 0.15) is 23.7 Å². The summed E-state index contributed by atoms with van der Waals surface area (Å²) < 4.78 is 4.93. The van der Waals surface area contributed by atoms with E-state index in [4.69, 9.17) is 9.84 Å². The normalized spacial score (nSPS) is 10.8. The molecule has 126 valence electrons. The third-order valence-corrected chi connectivity index (χ3v) is 3.11. The van der Waals surface area contributed by atoms with Crippen molar-refractivity contribution >= 4 is 18.1 Å². The van der Waals surface area contributed by atoms with E-state index < -0.39 is 0 Å². The fourth-order valence-electron chi connectivity index (χ4n) is 2.03. The highest BCUT2D eigenvalue weighted by Gasteiger charge is 2.06. The van der Waals surface area contributed by atoms with E-state index in [0.717, 1.165) is 5.56 Å². The molecule has 0 saturated carbocycles. The van der Waals surface area contributed by atoms with Crippen LogP contribution in [0.4, 0.5) is 5.95 Å². The Balaban J connectivity index is 2.03. The number of anilines is 1. The van der Waals surface area contributed by atoms with Gasteiger partial charge in [0.25, 0.3) is 5.56 Å². The van der Waals surface area contributed by atoms with Crippen LogP contribution in [0.5, 0.6) is 5.75 Å². The summed E-state index contributed by atoms with van der Waals surface area (Å²) in [5.41, 5.74) is 4.10. The molecule has 1 heterocycles. The third kappa shape index (κ3) is 4.75. The monoisotopic (exact) mass is 330 g/mol. The Kier molecular flexibility index (Phi) is 5.80. The lowest BCUT2D eigenvalue weighted by atomic mass is 10.2. The Bertz CT molecular complexity index is 797. The molecule has 1 aromatic heterocycles. The van der Waals surface area contributed by atoms with E-state index in [1.807, 2.05) is 0 Å². The van der Waals surface area contributed by atoms with Gasteiger partial charge in [0.2, 0.25) is 5.95 Å². The van der Waals surface area contributed by atoms with Crippen LogP contribution in [-0.2, 0) is 11.2 Å². The first-order valence-electron chi connectivity index (χ1n) is 7.28. The molecule has 0 atom stereocenters. The lowest BCUT2D eigenvalue weighted by Crippen LogP contribution is -2.19. The first-order chi connectivity index (χ1) is 11.5. The number of esters is 1. The number of nitrogens with zero attached hydrogens (tertiary/aromatic N) is 2. The highest BCUT2D eigenvalue weighted by Crippen LogP contribution is 2.11. The number of carbonyl (C=O) groups is 1. The number of benzene rings is 1. The van der Waals surface area contributed by atoms with Gasteiger partial charge in [0.15, 0.2) is 0 Å². The summed E-state index contributed by atoms with van der Waals surface area (Å²) >= 11 is 0. The first-order valence-corrected chi connectivity index (χ1v) is 7.28. The maximum Gasteiger partial charge on any atom is 0.308 e. The predicted molar refractivity (Wildman–Crippen MR) is 89.4 cm³/mol. The van der Waals surface area contributed by atoms with E-state index in [1.165, 1.54) is 13.1 Å². The molecule has 8 nitrogen and oxygen atoms in total. The van der Waals surface area contributed by atoms with E-state index in [0.29, 0.717) is 17.0 Å². The molecule has 0 bridgehead atoms. The number of H-pyrrole nitrogens is 1. The van der Waals surface area contributed by atoms with Crippen LogP contribution in [0.2, 0.25) is 0 Å². The zero-order valence-corrected chi connectivity index (χ0v) is 13.4. The van der Waals surface area contributed by atoms with Gasteiger partial charge >= 0.3 is 5.97 Å². The van der Waals surface area contributed by atoms with E-state index >= 15 is 0 Å².